The SMILES string of the molecule is [CH2]CCCCCCCCCCCCCCO. The molecule has 0 aromatic carbocycles. The van der Waals surface area contributed by atoms with Gasteiger partial charge in [-0.15, -0.1) is 0 Å². The molecule has 0 amide bonds. The van der Waals surface area contributed by atoms with Crippen molar-refractivity contribution >= 4 is 0 Å². The summed E-state index contributed by atoms with van der Waals surface area (Å²) >= 11 is 0. The molecule has 0 rings (SSSR count). The first-order valence-corrected chi connectivity index (χ1v) is 7.32. The van der Waals surface area contributed by atoms with E-state index < -0.39 is 0 Å². The summed E-state index contributed by atoms with van der Waals surface area (Å²) in [6.07, 6.45) is 17.1. The number of aliphatic hydroxyl groups is 1. The molecule has 1 radical (unpaired) electrons. The fourth-order valence-corrected chi connectivity index (χ4v) is 2.06. The predicted octanol–water partition coefficient (Wildman–Crippen LogP) is 4.88. The van der Waals surface area contributed by atoms with Crippen LogP contribution < -0.4 is 0 Å². The van der Waals surface area contributed by atoms with E-state index in [1.165, 1.54) is 70.6 Å². The van der Waals surface area contributed by atoms with E-state index in [0.29, 0.717) is 6.61 Å². The smallest absolute Gasteiger partial charge is 0.0431 e. The molecule has 0 spiro atoms. The van der Waals surface area contributed by atoms with Crippen LogP contribution in [0, 0.1) is 6.92 Å². The van der Waals surface area contributed by atoms with Gasteiger partial charge in [-0.05, 0) is 6.42 Å². The highest BCUT2D eigenvalue weighted by Gasteiger charge is 1.92. The van der Waals surface area contributed by atoms with Gasteiger partial charge in [-0.3, -0.25) is 0 Å². The molecule has 0 aliphatic carbocycles. The first kappa shape index (κ1) is 16.0. The highest BCUT2D eigenvalue weighted by molar-refractivity contribution is 4.49. The summed E-state index contributed by atoms with van der Waals surface area (Å²) in [4.78, 5) is 0. The molecular weight excluding hydrogens is 196 g/mol. The van der Waals surface area contributed by atoms with E-state index in [1.54, 1.807) is 0 Å². The zero-order valence-electron chi connectivity index (χ0n) is 11.1. The third kappa shape index (κ3) is 14.0. The van der Waals surface area contributed by atoms with Crippen molar-refractivity contribution in [1.82, 2.24) is 0 Å². The van der Waals surface area contributed by atoms with Gasteiger partial charge in [0.2, 0.25) is 0 Å². The molecule has 16 heavy (non-hydrogen) atoms. The lowest BCUT2D eigenvalue weighted by molar-refractivity contribution is 0.282. The topological polar surface area (TPSA) is 20.2 Å². The number of aliphatic hydroxyl groups excluding tert-OH is 1. The van der Waals surface area contributed by atoms with E-state index >= 15 is 0 Å². The lowest BCUT2D eigenvalue weighted by atomic mass is 10.0. The Morgan fingerprint density at radius 1 is 0.500 bits per heavy atom. The highest BCUT2D eigenvalue weighted by Crippen LogP contribution is 2.12. The highest BCUT2D eigenvalue weighted by atomic mass is 16.2. The summed E-state index contributed by atoms with van der Waals surface area (Å²) in [7, 11) is 0. The lowest BCUT2D eigenvalue weighted by Gasteiger charge is -2.02. The van der Waals surface area contributed by atoms with Gasteiger partial charge < -0.3 is 5.11 Å². The molecular formula is C15H31O. The molecule has 1 nitrogen and oxygen atoms in total. The molecule has 0 aliphatic rings. The maximum absolute atomic E-state index is 8.62. The normalized spacial score (nSPS) is 10.9. The van der Waals surface area contributed by atoms with Crippen molar-refractivity contribution in [3.8, 4) is 0 Å². The Morgan fingerprint density at radius 3 is 1.12 bits per heavy atom. The van der Waals surface area contributed by atoms with Crippen LogP contribution in [0.4, 0.5) is 0 Å². The van der Waals surface area contributed by atoms with Gasteiger partial charge in [0.25, 0.3) is 0 Å². The van der Waals surface area contributed by atoms with E-state index in [0.717, 1.165) is 12.8 Å². The maximum Gasteiger partial charge on any atom is 0.0431 e. The summed E-state index contributed by atoms with van der Waals surface area (Å²) in [5.74, 6) is 0. The number of rotatable bonds is 13. The van der Waals surface area contributed by atoms with E-state index in [2.05, 4.69) is 6.92 Å². The van der Waals surface area contributed by atoms with Crippen LogP contribution in [0.15, 0.2) is 0 Å². The Balaban J connectivity index is 2.83. The van der Waals surface area contributed by atoms with Crippen LogP contribution >= 0.6 is 0 Å². The van der Waals surface area contributed by atoms with Gasteiger partial charge >= 0.3 is 0 Å². The largest absolute Gasteiger partial charge is 0.396 e. The van der Waals surface area contributed by atoms with Crippen LogP contribution in [0.2, 0.25) is 0 Å². The standard InChI is InChI=1S/C15H31O/c1-2-3-4-5-6-7-8-9-10-11-12-13-14-15-16/h16H,1-15H2. The average molecular weight is 227 g/mol. The summed E-state index contributed by atoms with van der Waals surface area (Å²) in [6.45, 7) is 4.23. The molecule has 0 fully saturated rings. The Bertz CT molecular complexity index is 98.0. The fraction of sp³-hybridized carbons (Fsp3) is 0.933. The average Bonchev–Trinajstić information content (AvgIpc) is 2.31. The Morgan fingerprint density at radius 2 is 0.812 bits per heavy atom. The molecule has 0 bridgehead atoms. The molecule has 0 atom stereocenters. The second-order valence-corrected chi connectivity index (χ2v) is 4.82. The van der Waals surface area contributed by atoms with Crippen LogP contribution in [-0.4, -0.2) is 11.7 Å². The Hall–Kier alpha value is -0.0400. The predicted molar refractivity (Wildman–Crippen MR) is 72.5 cm³/mol. The van der Waals surface area contributed by atoms with Crippen LogP contribution in [0.3, 0.4) is 0 Å². The quantitative estimate of drug-likeness (QED) is 0.444. The zero-order chi connectivity index (χ0) is 11.9. The van der Waals surface area contributed by atoms with Crippen molar-refractivity contribution in [1.29, 1.82) is 0 Å². The van der Waals surface area contributed by atoms with Crippen molar-refractivity contribution in [3.05, 3.63) is 6.92 Å². The van der Waals surface area contributed by atoms with E-state index in [4.69, 9.17) is 5.11 Å². The molecule has 0 aromatic rings. The van der Waals surface area contributed by atoms with Crippen molar-refractivity contribution in [2.45, 2.75) is 83.5 Å². The summed E-state index contributed by atoms with van der Waals surface area (Å²) in [6, 6.07) is 0. The van der Waals surface area contributed by atoms with Gasteiger partial charge in [-0.25, -0.2) is 0 Å². The molecule has 0 saturated heterocycles. The minimum atomic E-state index is 0.368. The van der Waals surface area contributed by atoms with Crippen molar-refractivity contribution in [2.24, 2.45) is 0 Å². The third-order valence-electron chi connectivity index (χ3n) is 3.16. The Kier molecular flexibility index (Phi) is 14.9. The van der Waals surface area contributed by atoms with Crippen molar-refractivity contribution in [3.63, 3.8) is 0 Å². The van der Waals surface area contributed by atoms with E-state index in [-0.39, 0.29) is 0 Å². The first-order chi connectivity index (χ1) is 7.91. The maximum atomic E-state index is 8.62. The Labute approximate surface area is 103 Å². The zero-order valence-corrected chi connectivity index (χ0v) is 11.1. The van der Waals surface area contributed by atoms with Crippen molar-refractivity contribution < 1.29 is 5.11 Å². The van der Waals surface area contributed by atoms with Crippen LogP contribution in [0.25, 0.3) is 0 Å². The van der Waals surface area contributed by atoms with Crippen LogP contribution in [0.1, 0.15) is 83.5 Å². The molecule has 0 aromatic heterocycles. The summed E-state index contributed by atoms with van der Waals surface area (Å²) in [5.41, 5.74) is 0. The van der Waals surface area contributed by atoms with E-state index in [9.17, 15) is 0 Å². The summed E-state index contributed by atoms with van der Waals surface area (Å²) in [5, 5.41) is 8.62. The molecule has 0 unspecified atom stereocenters. The molecule has 0 saturated carbocycles. The molecule has 1 heteroatoms. The van der Waals surface area contributed by atoms with Gasteiger partial charge in [0.1, 0.15) is 0 Å². The van der Waals surface area contributed by atoms with E-state index in [1.807, 2.05) is 0 Å². The molecule has 97 valence electrons. The number of unbranched alkanes of at least 4 members (excludes halogenated alkanes) is 12. The number of hydrogen-bond acceptors (Lipinski definition) is 1. The molecule has 0 heterocycles. The monoisotopic (exact) mass is 227 g/mol. The van der Waals surface area contributed by atoms with Gasteiger partial charge in [0.05, 0.1) is 0 Å². The third-order valence-corrected chi connectivity index (χ3v) is 3.16. The van der Waals surface area contributed by atoms with Crippen LogP contribution in [-0.2, 0) is 0 Å². The fourth-order valence-electron chi connectivity index (χ4n) is 2.06. The first-order valence-electron chi connectivity index (χ1n) is 7.32. The summed E-state index contributed by atoms with van der Waals surface area (Å²) < 4.78 is 0. The van der Waals surface area contributed by atoms with Gasteiger partial charge in [0.15, 0.2) is 0 Å². The molecule has 1 N–H and O–H groups in total. The minimum absolute atomic E-state index is 0.368. The second kappa shape index (κ2) is 15.0. The minimum Gasteiger partial charge on any atom is -0.396 e. The molecule has 0 aliphatic heterocycles. The van der Waals surface area contributed by atoms with Crippen LogP contribution in [0.5, 0.6) is 0 Å². The van der Waals surface area contributed by atoms with Gasteiger partial charge in [0, 0.05) is 6.61 Å². The second-order valence-electron chi connectivity index (χ2n) is 4.82. The van der Waals surface area contributed by atoms with Gasteiger partial charge in [-0.1, -0.05) is 84.0 Å². The lowest BCUT2D eigenvalue weighted by Crippen LogP contribution is -1.84. The number of hydrogen-bond donors (Lipinski definition) is 1. The van der Waals surface area contributed by atoms with Gasteiger partial charge in [-0.2, -0.15) is 0 Å². The van der Waals surface area contributed by atoms with Crippen molar-refractivity contribution in [2.75, 3.05) is 6.61 Å².